The summed E-state index contributed by atoms with van der Waals surface area (Å²) in [6, 6.07) is -0.896. The second-order valence-electron chi connectivity index (χ2n) is 25.7. The van der Waals surface area contributed by atoms with Crippen LogP contribution < -0.4 is 5.32 Å². The van der Waals surface area contributed by atoms with Crippen LogP contribution >= 0.6 is 0 Å². The molecule has 12 N–H and O–H groups in total. The van der Waals surface area contributed by atoms with Crippen molar-refractivity contribution in [3.63, 3.8) is 0 Å². The van der Waals surface area contributed by atoms with Crippen LogP contribution in [0.2, 0.25) is 0 Å². The van der Waals surface area contributed by atoms with E-state index >= 15 is 0 Å². The fourth-order valence-corrected chi connectivity index (χ4v) is 12.1. The van der Waals surface area contributed by atoms with Gasteiger partial charge in [-0.2, -0.15) is 0 Å². The van der Waals surface area contributed by atoms with E-state index in [9.17, 15) is 61.0 Å². The van der Waals surface area contributed by atoms with Crippen molar-refractivity contribution in [1.29, 1.82) is 0 Å². The molecule has 522 valence electrons. The molecule has 0 spiro atoms. The average Bonchev–Trinajstić information content (AvgIpc) is 1.93. The number of nitrogens with one attached hydrogen (secondary N) is 1. The van der Waals surface area contributed by atoms with Crippen LogP contribution in [-0.2, 0) is 33.2 Å². The lowest BCUT2D eigenvalue weighted by atomic mass is 9.96. The molecule has 0 aromatic rings. The molecule has 19 nitrogen and oxygen atoms in total. The maximum Gasteiger partial charge on any atom is 0.220 e. The molecule has 19 heteroatoms. The minimum Gasteiger partial charge on any atom is -0.394 e. The first kappa shape index (κ1) is 81.2. The number of carbonyl (C=O) groups is 1. The summed E-state index contributed by atoms with van der Waals surface area (Å²) in [7, 11) is 0. The van der Waals surface area contributed by atoms with Gasteiger partial charge in [-0.15, -0.1) is 0 Å². The van der Waals surface area contributed by atoms with E-state index in [0.29, 0.717) is 12.8 Å². The lowest BCUT2D eigenvalue weighted by molar-refractivity contribution is -0.379. The van der Waals surface area contributed by atoms with Gasteiger partial charge in [0.25, 0.3) is 0 Å². The van der Waals surface area contributed by atoms with Gasteiger partial charge in [0.05, 0.1) is 38.6 Å². The molecule has 1 amide bonds. The molecular formula is C70H129NO18. The largest absolute Gasteiger partial charge is 0.394 e. The smallest absolute Gasteiger partial charge is 0.220 e. The van der Waals surface area contributed by atoms with Crippen molar-refractivity contribution >= 4 is 5.91 Å². The van der Waals surface area contributed by atoms with E-state index in [1.807, 2.05) is 0 Å². The number of ether oxygens (including phenoxy) is 6. The van der Waals surface area contributed by atoms with E-state index in [1.54, 1.807) is 0 Å². The standard InChI is InChI=1S/C70H129NO18/c1-3-5-7-9-11-13-15-17-19-21-23-25-26-28-29-31-33-35-37-39-41-43-45-47-54(75)53(71-58(76)48-46-44-42-40-38-36-34-32-30-27-24-22-20-18-16-14-12-10-8-6-4-2)52-84-68-64(82)61(79)66(56(50-73)86-68)89-70-65(83)62(80)67(57(51-74)87-70)88-69-63(81)60(78)59(77)55(49-72)85-69/h16,18,22,24,30,32,53-57,59-70,72-75,77-83H,3-15,17,19-21,23,25-29,31,33-52H2,1-2H3,(H,71,76)/b18-16-,24-22-,32-30-. The summed E-state index contributed by atoms with van der Waals surface area (Å²) in [5.41, 5.74) is 0. The molecule has 0 aliphatic carbocycles. The van der Waals surface area contributed by atoms with E-state index < -0.39 is 124 Å². The molecule has 0 bridgehead atoms. The van der Waals surface area contributed by atoms with Crippen molar-refractivity contribution in [1.82, 2.24) is 5.32 Å². The van der Waals surface area contributed by atoms with Crippen molar-refractivity contribution < 1.29 is 89.4 Å². The molecule has 3 heterocycles. The van der Waals surface area contributed by atoms with E-state index in [4.69, 9.17) is 28.4 Å². The van der Waals surface area contributed by atoms with Gasteiger partial charge in [-0.3, -0.25) is 4.79 Å². The molecule has 0 aromatic carbocycles. The van der Waals surface area contributed by atoms with Crippen LogP contribution in [0, 0.1) is 0 Å². The molecule has 3 aliphatic rings. The number of unbranched alkanes of at least 4 members (excludes halogenated alkanes) is 33. The number of aliphatic hydroxyl groups is 11. The molecule has 3 fully saturated rings. The third-order valence-corrected chi connectivity index (χ3v) is 18.0. The Labute approximate surface area is 536 Å². The molecule has 0 aromatic heterocycles. The summed E-state index contributed by atoms with van der Waals surface area (Å²) in [6.07, 6.45) is 33.6. The molecule has 3 saturated heterocycles. The van der Waals surface area contributed by atoms with Gasteiger partial charge in [0.2, 0.25) is 5.91 Å². The minimum absolute atomic E-state index is 0.252. The second kappa shape index (κ2) is 52.3. The summed E-state index contributed by atoms with van der Waals surface area (Å²) in [4.78, 5) is 13.4. The topological polar surface area (TPSA) is 307 Å². The number of amides is 1. The molecule has 0 radical (unpaired) electrons. The first-order chi connectivity index (χ1) is 43.3. The van der Waals surface area contributed by atoms with Crippen LogP contribution in [0.25, 0.3) is 0 Å². The van der Waals surface area contributed by atoms with E-state index in [2.05, 4.69) is 55.6 Å². The van der Waals surface area contributed by atoms with Crippen molar-refractivity contribution in [3.05, 3.63) is 36.5 Å². The Balaban J connectivity index is 1.43. The fourth-order valence-electron chi connectivity index (χ4n) is 12.1. The van der Waals surface area contributed by atoms with Gasteiger partial charge in [-0.1, -0.05) is 249 Å². The zero-order chi connectivity index (χ0) is 64.7. The number of allylic oxidation sites excluding steroid dienone is 6. The summed E-state index contributed by atoms with van der Waals surface area (Å²) in [6.45, 7) is 1.80. The molecule has 17 atom stereocenters. The number of aliphatic hydroxyl groups excluding tert-OH is 11. The second-order valence-corrected chi connectivity index (χ2v) is 25.7. The van der Waals surface area contributed by atoms with Gasteiger partial charge >= 0.3 is 0 Å². The van der Waals surface area contributed by atoms with Crippen LogP contribution in [0.1, 0.15) is 271 Å². The molecule has 89 heavy (non-hydrogen) atoms. The summed E-state index contributed by atoms with van der Waals surface area (Å²) < 4.78 is 34.4. The maximum absolute atomic E-state index is 13.4. The molecule has 17 unspecified atom stereocenters. The number of hydrogen-bond acceptors (Lipinski definition) is 18. The number of carbonyl (C=O) groups excluding carboxylic acids is 1. The Morgan fingerprint density at radius 3 is 1.16 bits per heavy atom. The van der Waals surface area contributed by atoms with Crippen molar-refractivity contribution in [2.24, 2.45) is 0 Å². The third-order valence-electron chi connectivity index (χ3n) is 18.0. The Bertz CT molecular complexity index is 1760. The summed E-state index contributed by atoms with van der Waals surface area (Å²) in [5, 5.41) is 121. The highest BCUT2D eigenvalue weighted by Gasteiger charge is 2.53. The molecule has 3 aliphatic heterocycles. The highest BCUT2D eigenvalue weighted by Crippen LogP contribution is 2.33. The van der Waals surface area contributed by atoms with Crippen molar-refractivity contribution in [3.8, 4) is 0 Å². The monoisotopic (exact) mass is 1270 g/mol. The van der Waals surface area contributed by atoms with Gasteiger partial charge in [0.1, 0.15) is 73.2 Å². The predicted molar refractivity (Wildman–Crippen MR) is 346 cm³/mol. The van der Waals surface area contributed by atoms with Crippen LogP contribution in [0.3, 0.4) is 0 Å². The molecule has 3 rings (SSSR count). The van der Waals surface area contributed by atoms with Crippen molar-refractivity contribution in [2.45, 2.75) is 375 Å². The zero-order valence-electron chi connectivity index (χ0n) is 55.2. The first-order valence-electron chi connectivity index (χ1n) is 35.7. The highest BCUT2D eigenvalue weighted by molar-refractivity contribution is 5.76. The van der Waals surface area contributed by atoms with Crippen molar-refractivity contribution in [2.75, 3.05) is 26.4 Å². The molecular weight excluding hydrogens is 1140 g/mol. The Hall–Kier alpha value is -1.99. The maximum atomic E-state index is 13.4. The van der Waals surface area contributed by atoms with Crippen LogP contribution in [0.15, 0.2) is 36.5 Å². The number of hydrogen-bond donors (Lipinski definition) is 12. The zero-order valence-corrected chi connectivity index (χ0v) is 55.2. The quantitative estimate of drug-likeness (QED) is 0.0199. The van der Waals surface area contributed by atoms with Gasteiger partial charge in [0, 0.05) is 6.42 Å². The van der Waals surface area contributed by atoms with Crippen LogP contribution in [-0.4, -0.2) is 193 Å². The van der Waals surface area contributed by atoms with Crippen LogP contribution in [0.5, 0.6) is 0 Å². The lowest BCUT2D eigenvalue weighted by Gasteiger charge is -2.48. The van der Waals surface area contributed by atoms with E-state index in [-0.39, 0.29) is 18.9 Å². The summed E-state index contributed by atoms with van der Waals surface area (Å²) >= 11 is 0. The highest BCUT2D eigenvalue weighted by atomic mass is 16.8. The minimum atomic E-state index is -1.97. The van der Waals surface area contributed by atoms with Crippen LogP contribution in [0.4, 0.5) is 0 Å². The fraction of sp³-hybridized carbons (Fsp3) is 0.900. The molecule has 0 saturated carbocycles. The van der Waals surface area contributed by atoms with Gasteiger partial charge in [0.15, 0.2) is 18.9 Å². The lowest BCUT2D eigenvalue weighted by Crippen LogP contribution is -2.66. The first-order valence-corrected chi connectivity index (χ1v) is 35.7. The van der Waals surface area contributed by atoms with Gasteiger partial charge in [-0.05, 0) is 51.4 Å². The Morgan fingerprint density at radius 1 is 0.404 bits per heavy atom. The average molecular weight is 1270 g/mol. The van der Waals surface area contributed by atoms with Gasteiger partial charge < -0.3 is 89.9 Å². The SMILES string of the molecule is CCCCCCC/C=C\C/C=C\C/C=C\CCCCCCCCC(=O)NC(COC1OC(CO)C(OC2OC(CO)C(OC3OC(CO)C(O)C(O)C3O)C(O)C2O)C(O)C1O)C(O)CCCCCCCCCCCCCCCCCCCCCCCCC. The Morgan fingerprint density at radius 2 is 0.742 bits per heavy atom. The van der Waals surface area contributed by atoms with E-state index in [1.165, 1.54) is 161 Å². The summed E-state index contributed by atoms with van der Waals surface area (Å²) in [5.74, 6) is -0.253. The number of rotatable bonds is 55. The van der Waals surface area contributed by atoms with E-state index in [0.717, 1.165) is 77.0 Å². The Kier molecular flexibility index (Phi) is 47.7. The van der Waals surface area contributed by atoms with Gasteiger partial charge in [-0.25, -0.2) is 0 Å². The third kappa shape index (κ3) is 34.3. The normalized spacial score (nSPS) is 28.4. The predicted octanol–water partition coefficient (Wildman–Crippen LogP) is 9.61.